The fourth-order valence-corrected chi connectivity index (χ4v) is 5.40. The molecule has 1 amide bonds. The van der Waals surface area contributed by atoms with Gasteiger partial charge in [0.1, 0.15) is 6.54 Å². The van der Waals surface area contributed by atoms with E-state index < -0.39 is 5.97 Å². The van der Waals surface area contributed by atoms with Gasteiger partial charge >= 0.3 is 5.97 Å². The van der Waals surface area contributed by atoms with Crippen molar-refractivity contribution in [2.75, 3.05) is 25.0 Å². The van der Waals surface area contributed by atoms with E-state index in [0.717, 1.165) is 56.3 Å². The van der Waals surface area contributed by atoms with E-state index in [1.54, 1.807) is 6.20 Å². The number of carboxylic acids is 1. The maximum absolute atomic E-state index is 13.8. The summed E-state index contributed by atoms with van der Waals surface area (Å²) in [5.41, 5.74) is 4.54. The highest BCUT2D eigenvalue weighted by Gasteiger charge is 2.26. The summed E-state index contributed by atoms with van der Waals surface area (Å²) in [6.45, 7) is 2.77. The van der Waals surface area contributed by atoms with Gasteiger partial charge in [-0.1, -0.05) is 93.6 Å². The number of unbranched alkanes of at least 4 members (excludes halogenated alkanes) is 1. The van der Waals surface area contributed by atoms with Crippen LogP contribution in [0.5, 0.6) is 0 Å². The average molecular weight is 543 g/mol. The molecule has 0 radical (unpaired) electrons. The Morgan fingerprint density at radius 2 is 1.62 bits per heavy atom. The molecule has 0 atom stereocenters. The summed E-state index contributed by atoms with van der Waals surface area (Å²) < 4.78 is 0. The molecular formula is C33H42N4O3. The van der Waals surface area contributed by atoms with Gasteiger partial charge < -0.3 is 14.9 Å². The van der Waals surface area contributed by atoms with E-state index >= 15 is 0 Å². The van der Waals surface area contributed by atoms with Gasteiger partial charge in [0.25, 0.3) is 5.91 Å². The molecule has 2 aromatic carbocycles. The number of rotatable bonds is 14. The molecule has 7 nitrogen and oxygen atoms in total. The molecule has 7 heteroatoms. The van der Waals surface area contributed by atoms with E-state index in [9.17, 15) is 14.7 Å². The lowest BCUT2D eigenvalue weighted by molar-refractivity contribution is -0.137. The Morgan fingerprint density at radius 3 is 2.30 bits per heavy atom. The fourth-order valence-electron chi connectivity index (χ4n) is 5.40. The first-order valence-electron chi connectivity index (χ1n) is 14.6. The molecular weight excluding hydrogens is 500 g/mol. The van der Waals surface area contributed by atoms with Crippen molar-refractivity contribution in [1.82, 2.24) is 14.9 Å². The number of carbonyl (C=O) groups is 2. The zero-order valence-corrected chi connectivity index (χ0v) is 23.9. The zero-order valence-electron chi connectivity index (χ0n) is 23.9. The number of carboxylic acid groups (broad SMARTS) is 1. The van der Waals surface area contributed by atoms with Crippen molar-refractivity contribution in [2.24, 2.45) is 5.92 Å². The van der Waals surface area contributed by atoms with Gasteiger partial charge in [0.05, 0.1) is 11.3 Å². The molecule has 0 spiro atoms. The third kappa shape index (κ3) is 8.38. The van der Waals surface area contributed by atoms with Gasteiger partial charge in [-0.25, -0.2) is 9.97 Å². The summed E-state index contributed by atoms with van der Waals surface area (Å²) in [5.74, 6) is -0.298. The summed E-state index contributed by atoms with van der Waals surface area (Å²) in [6, 6.07) is 18.4. The molecule has 212 valence electrons. The lowest BCUT2D eigenvalue weighted by atomic mass is 9.98. The van der Waals surface area contributed by atoms with Crippen LogP contribution in [0.4, 0.5) is 5.95 Å². The molecule has 40 heavy (non-hydrogen) atoms. The maximum atomic E-state index is 13.8. The minimum Gasteiger partial charge on any atom is -0.480 e. The molecule has 1 saturated carbocycles. The molecule has 1 heterocycles. The highest BCUT2D eigenvalue weighted by atomic mass is 16.4. The lowest BCUT2D eigenvalue weighted by Crippen LogP contribution is -2.36. The molecule has 0 bridgehead atoms. The second-order valence-electron chi connectivity index (χ2n) is 11.0. The van der Waals surface area contributed by atoms with Gasteiger partial charge in [-0.05, 0) is 48.3 Å². The van der Waals surface area contributed by atoms with Crippen LogP contribution < -0.4 is 4.90 Å². The van der Waals surface area contributed by atoms with E-state index in [4.69, 9.17) is 4.98 Å². The van der Waals surface area contributed by atoms with Crippen molar-refractivity contribution < 1.29 is 14.7 Å². The van der Waals surface area contributed by atoms with Crippen molar-refractivity contribution in [3.05, 3.63) is 88.7 Å². The Hall–Kier alpha value is -3.74. The number of benzene rings is 2. The van der Waals surface area contributed by atoms with E-state index in [1.807, 2.05) is 42.3 Å². The summed E-state index contributed by atoms with van der Waals surface area (Å²) in [5, 5.41) is 9.64. The normalized spacial score (nSPS) is 13.3. The molecule has 0 unspecified atom stereocenters. The number of amides is 1. The molecule has 0 saturated heterocycles. The quantitative estimate of drug-likeness (QED) is 0.271. The SMILES string of the molecule is CCCCc1ccc(CN(CC(=O)O)C(=O)c2cnc(N(C)CCc3ccccc3)nc2CC2CCCC2)cc1. The van der Waals surface area contributed by atoms with Crippen molar-refractivity contribution in [3.63, 3.8) is 0 Å². The van der Waals surface area contributed by atoms with Crippen LogP contribution in [0, 0.1) is 5.92 Å². The Kier molecular flexibility index (Phi) is 10.7. The minimum atomic E-state index is -1.04. The topological polar surface area (TPSA) is 86.6 Å². The van der Waals surface area contributed by atoms with E-state index in [1.165, 1.54) is 28.9 Å². The Balaban J connectivity index is 1.55. The highest BCUT2D eigenvalue weighted by Crippen LogP contribution is 2.29. The first-order valence-corrected chi connectivity index (χ1v) is 14.6. The summed E-state index contributed by atoms with van der Waals surface area (Å²) in [7, 11) is 1.97. The van der Waals surface area contributed by atoms with Gasteiger partial charge in [-0.2, -0.15) is 0 Å². The smallest absolute Gasteiger partial charge is 0.323 e. The Labute approximate surface area is 238 Å². The third-order valence-electron chi connectivity index (χ3n) is 7.79. The summed E-state index contributed by atoms with van der Waals surface area (Å²) in [4.78, 5) is 38.5. The number of anilines is 1. The van der Waals surface area contributed by atoms with Crippen LogP contribution in [0.25, 0.3) is 0 Å². The van der Waals surface area contributed by atoms with Crippen LogP contribution >= 0.6 is 0 Å². The second kappa shape index (κ2) is 14.6. The monoisotopic (exact) mass is 542 g/mol. The first kappa shape index (κ1) is 29.2. The Bertz CT molecular complexity index is 1240. The maximum Gasteiger partial charge on any atom is 0.323 e. The number of aryl methyl sites for hydroxylation is 1. The third-order valence-corrected chi connectivity index (χ3v) is 7.79. The largest absolute Gasteiger partial charge is 0.480 e. The van der Waals surface area contributed by atoms with Crippen molar-refractivity contribution >= 4 is 17.8 Å². The van der Waals surface area contributed by atoms with Gasteiger partial charge in [0.2, 0.25) is 5.95 Å². The zero-order chi connectivity index (χ0) is 28.3. The fraction of sp³-hybridized carbons (Fsp3) is 0.455. The molecule has 1 aliphatic carbocycles. The van der Waals surface area contributed by atoms with E-state index in [2.05, 4.69) is 36.2 Å². The van der Waals surface area contributed by atoms with Gasteiger partial charge in [-0.3, -0.25) is 9.59 Å². The number of aliphatic carboxylic acids is 1. The number of nitrogens with zero attached hydrogens (tertiary/aromatic N) is 4. The summed E-state index contributed by atoms with van der Waals surface area (Å²) >= 11 is 0. The van der Waals surface area contributed by atoms with Crippen molar-refractivity contribution in [1.29, 1.82) is 0 Å². The number of hydrogen-bond acceptors (Lipinski definition) is 5. The van der Waals surface area contributed by atoms with Crippen molar-refractivity contribution in [2.45, 2.75) is 71.3 Å². The predicted octanol–water partition coefficient (Wildman–Crippen LogP) is 5.96. The highest BCUT2D eigenvalue weighted by molar-refractivity contribution is 5.96. The van der Waals surface area contributed by atoms with Crippen LogP contribution in [0.2, 0.25) is 0 Å². The number of likely N-dealkylation sites (N-methyl/N-ethyl adjacent to an activating group) is 1. The second-order valence-corrected chi connectivity index (χ2v) is 11.0. The number of carbonyl (C=O) groups excluding carboxylic acids is 1. The molecule has 1 fully saturated rings. The van der Waals surface area contributed by atoms with E-state index in [-0.39, 0.29) is 19.0 Å². The first-order chi connectivity index (χ1) is 19.4. The molecule has 1 N–H and O–H groups in total. The minimum absolute atomic E-state index is 0.223. The van der Waals surface area contributed by atoms with E-state index in [0.29, 0.717) is 23.9 Å². The average Bonchev–Trinajstić information content (AvgIpc) is 3.48. The predicted molar refractivity (Wildman–Crippen MR) is 159 cm³/mol. The number of hydrogen-bond donors (Lipinski definition) is 1. The van der Waals surface area contributed by atoms with Crippen LogP contribution in [-0.2, 0) is 30.6 Å². The Morgan fingerprint density at radius 1 is 0.950 bits per heavy atom. The lowest BCUT2D eigenvalue weighted by Gasteiger charge is -2.24. The van der Waals surface area contributed by atoms with Crippen LogP contribution in [0.15, 0.2) is 60.8 Å². The molecule has 0 aliphatic heterocycles. The number of aromatic nitrogens is 2. The van der Waals surface area contributed by atoms with Gasteiger partial charge in [0, 0.05) is 26.3 Å². The molecule has 4 rings (SSSR count). The van der Waals surface area contributed by atoms with Crippen LogP contribution in [0.1, 0.15) is 78.2 Å². The summed E-state index contributed by atoms with van der Waals surface area (Å²) in [6.07, 6.45) is 11.1. The van der Waals surface area contributed by atoms with Crippen LogP contribution in [-0.4, -0.2) is 52.0 Å². The van der Waals surface area contributed by atoms with Gasteiger partial charge in [-0.15, -0.1) is 0 Å². The molecule has 3 aromatic rings. The molecule has 1 aliphatic rings. The standard InChI is InChI=1S/C33H42N4O3/c1-3-4-10-26-15-17-28(18-16-26)23-37(24-31(38)39)32(40)29-22-34-33(35-30(29)21-27-13-8-9-14-27)36(2)20-19-25-11-6-5-7-12-25/h5-7,11-12,15-18,22,27H,3-4,8-10,13-14,19-21,23-24H2,1-2H3,(H,38,39). The molecule has 1 aromatic heterocycles. The van der Waals surface area contributed by atoms with Crippen molar-refractivity contribution in [3.8, 4) is 0 Å². The van der Waals surface area contributed by atoms with Gasteiger partial charge in [0.15, 0.2) is 0 Å². The van der Waals surface area contributed by atoms with Crippen LogP contribution in [0.3, 0.4) is 0 Å².